The smallest absolute Gasteiger partial charge is 0.489 e. The number of alkyl halides is 3. The van der Waals surface area contributed by atoms with Crippen LogP contribution in [0.25, 0.3) is 11.3 Å². The van der Waals surface area contributed by atoms with E-state index < -0.39 is 23.7 Å². The second kappa shape index (κ2) is 11.5. The lowest BCUT2D eigenvalue weighted by molar-refractivity contribution is -0.274. The molecular weight excluding hydrogens is 627 g/mol. The number of carbonyl (C=O) groups is 1. The Labute approximate surface area is 266 Å². The lowest BCUT2D eigenvalue weighted by Crippen LogP contribution is -2.50. The number of anilines is 1. The highest BCUT2D eigenvalue weighted by atomic mass is 35.5. The molecule has 0 amide bonds. The Bertz CT molecular complexity index is 1780. The fraction of sp³-hybridized carbons (Fsp3) is 0.364. The SMILES string of the molecule is O=C(O)c1ccnc(N2[C@@H]3CC[C@H]2C[C@](O)(c2ccc(OCc4c(-c5ccccc5OC(F)(F)F)noc4C4CC4)cc2Cl)C3)c1. The van der Waals surface area contributed by atoms with Crippen molar-refractivity contribution in [2.24, 2.45) is 0 Å². The number of ether oxygens (including phenoxy) is 2. The van der Waals surface area contributed by atoms with E-state index in [-0.39, 0.29) is 41.4 Å². The molecule has 7 rings (SSSR count). The zero-order valence-electron chi connectivity index (χ0n) is 24.3. The van der Waals surface area contributed by atoms with Crippen LogP contribution in [0.2, 0.25) is 5.02 Å². The maximum Gasteiger partial charge on any atom is 0.573 e. The third kappa shape index (κ3) is 5.87. The van der Waals surface area contributed by atoms with E-state index in [0.717, 1.165) is 25.7 Å². The van der Waals surface area contributed by atoms with Crippen LogP contribution in [0.1, 0.15) is 71.7 Å². The van der Waals surface area contributed by atoms with Crippen LogP contribution in [0.5, 0.6) is 11.5 Å². The average Bonchev–Trinajstić information content (AvgIpc) is 3.70. The first-order valence-electron chi connectivity index (χ1n) is 15.0. The van der Waals surface area contributed by atoms with E-state index in [2.05, 4.69) is 19.8 Å². The molecule has 2 N–H and O–H groups in total. The molecule has 2 bridgehead atoms. The molecule has 2 aromatic carbocycles. The summed E-state index contributed by atoms with van der Waals surface area (Å²) in [6, 6.07) is 13.7. The van der Waals surface area contributed by atoms with Crippen molar-refractivity contribution >= 4 is 23.4 Å². The van der Waals surface area contributed by atoms with Crippen molar-refractivity contribution in [3.63, 3.8) is 0 Å². The molecule has 0 unspecified atom stereocenters. The fourth-order valence-corrected chi connectivity index (χ4v) is 7.19. The van der Waals surface area contributed by atoms with Crippen LogP contribution in [0.15, 0.2) is 65.3 Å². The summed E-state index contributed by atoms with van der Waals surface area (Å²) < 4.78 is 55.3. The van der Waals surface area contributed by atoms with Gasteiger partial charge >= 0.3 is 12.3 Å². The minimum absolute atomic E-state index is 0.0352. The van der Waals surface area contributed by atoms with Crippen molar-refractivity contribution in [2.75, 3.05) is 4.90 Å². The van der Waals surface area contributed by atoms with Gasteiger partial charge in [-0.15, -0.1) is 13.2 Å². The molecule has 0 spiro atoms. The molecular formula is C33H29ClF3N3O6. The Morgan fingerprint density at radius 1 is 1.07 bits per heavy atom. The molecule has 2 aromatic heterocycles. The fourth-order valence-electron chi connectivity index (χ4n) is 6.85. The number of aliphatic hydroxyl groups is 1. The number of halogens is 4. The molecule has 0 radical (unpaired) electrons. The Kier molecular flexibility index (Phi) is 7.59. The van der Waals surface area contributed by atoms with Crippen molar-refractivity contribution in [2.45, 2.75) is 75.1 Å². The van der Waals surface area contributed by atoms with Gasteiger partial charge < -0.3 is 29.1 Å². The van der Waals surface area contributed by atoms with Gasteiger partial charge in [-0.05, 0) is 62.1 Å². The Balaban J connectivity index is 1.10. The number of carboxylic acids is 1. The van der Waals surface area contributed by atoms with E-state index >= 15 is 0 Å². The van der Waals surface area contributed by atoms with Crippen LogP contribution in [0.4, 0.5) is 19.0 Å². The van der Waals surface area contributed by atoms with Crippen molar-refractivity contribution in [3.05, 3.63) is 88.3 Å². The van der Waals surface area contributed by atoms with Crippen LogP contribution >= 0.6 is 11.6 Å². The summed E-state index contributed by atoms with van der Waals surface area (Å²) in [5.74, 6) is 0.246. The first-order chi connectivity index (χ1) is 22.0. The first kappa shape index (κ1) is 30.4. The summed E-state index contributed by atoms with van der Waals surface area (Å²) in [6.45, 7) is -0.0352. The van der Waals surface area contributed by atoms with Gasteiger partial charge in [0.25, 0.3) is 0 Å². The zero-order valence-corrected chi connectivity index (χ0v) is 25.1. The van der Waals surface area contributed by atoms with Gasteiger partial charge in [0.05, 0.1) is 21.8 Å². The van der Waals surface area contributed by atoms with Crippen LogP contribution in [0.3, 0.4) is 0 Å². The number of fused-ring (bicyclic) bond motifs is 2. The van der Waals surface area contributed by atoms with Crippen molar-refractivity contribution in [1.82, 2.24) is 10.1 Å². The van der Waals surface area contributed by atoms with Gasteiger partial charge in [-0.1, -0.05) is 35.0 Å². The molecule has 46 heavy (non-hydrogen) atoms. The van der Waals surface area contributed by atoms with Gasteiger partial charge in [-0.3, -0.25) is 0 Å². The maximum atomic E-state index is 13.1. The minimum Gasteiger partial charge on any atom is -0.489 e. The monoisotopic (exact) mass is 655 g/mol. The summed E-state index contributed by atoms with van der Waals surface area (Å²) >= 11 is 6.75. The summed E-state index contributed by atoms with van der Waals surface area (Å²) in [7, 11) is 0. The number of hydrogen-bond acceptors (Lipinski definition) is 8. The molecule has 3 fully saturated rings. The highest BCUT2D eigenvalue weighted by Crippen LogP contribution is 2.49. The van der Waals surface area contributed by atoms with Gasteiger partial charge in [0.1, 0.15) is 35.4 Å². The topological polar surface area (TPSA) is 118 Å². The molecule has 9 nitrogen and oxygen atoms in total. The van der Waals surface area contributed by atoms with Gasteiger partial charge in [0, 0.05) is 48.2 Å². The number of benzene rings is 2. The van der Waals surface area contributed by atoms with Gasteiger partial charge in [-0.2, -0.15) is 0 Å². The summed E-state index contributed by atoms with van der Waals surface area (Å²) in [5, 5.41) is 25.7. The van der Waals surface area contributed by atoms with E-state index in [1.54, 1.807) is 30.3 Å². The van der Waals surface area contributed by atoms with E-state index in [1.807, 2.05) is 0 Å². The number of carboxylic acid groups (broad SMARTS) is 1. The number of para-hydroxylation sites is 1. The van der Waals surface area contributed by atoms with Crippen molar-refractivity contribution < 1.29 is 42.2 Å². The number of piperidine rings is 1. The van der Waals surface area contributed by atoms with Crippen LogP contribution in [0, 0.1) is 0 Å². The number of nitrogens with zero attached hydrogens (tertiary/aromatic N) is 3. The lowest BCUT2D eigenvalue weighted by atomic mass is 9.80. The summed E-state index contributed by atoms with van der Waals surface area (Å²) in [4.78, 5) is 18.0. The van der Waals surface area contributed by atoms with E-state index in [1.165, 1.54) is 30.5 Å². The molecule has 4 heterocycles. The van der Waals surface area contributed by atoms with Crippen LogP contribution in [-0.4, -0.2) is 44.8 Å². The largest absolute Gasteiger partial charge is 0.573 e. The van der Waals surface area contributed by atoms with Crippen molar-refractivity contribution in [3.8, 4) is 22.8 Å². The predicted octanol–water partition coefficient (Wildman–Crippen LogP) is 7.46. The van der Waals surface area contributed by atoms with Gasteiger partial charge in [-0.25, -0.2) is 9.78 Å². The van der Waals surface area contributed by atoms with Crippen LogP contribution in [-0.2, 0) is 12.2 Å². The molecule has 4 aromatic rings. The summed E-state index contributed by atoms with van der Waals surface area (Å²) in [5.41, 5.74) is 0.382. The Morgan fingerprint density at radius 3 is 2.48 bits per heavy atom. The quantitative estimate of drug-likeness (QED) is 0.189. The number of hydrogen-bond donors (Lipinski definition) is 2. The molecule has 1 aliphatic carbocycles. The predicted molar refractivity (Wildman–Crippen MR) is 160 cm³/mol. The second-order valence-corrected chi connectivity index (χ2v) is 12.5. The Hall–Kier alpha value is -4.29. The second-order valence-electron chi connectivity index (χ2n) is 12.1. The van der Waals surface area contributed by atoms with E-state index in [4.69, 9.17) is 20.9 Å². The molecule has 13 heteroatoms. The molecule has 2 aliphatic heterocycles. The maximum absolute atomic E-state index is 13.1. The van der Waals surface area contributed by atoms with Gasteiger partial charge in [0.2, 0.25) is 0 Å². The van der Waals surface area contributed by atoms with Crippen molar-refractivity contribution in [1.29, 1.82) is 0 Å². The van der Waals surface area contributed by atoms with Crippen LogP contribution < -0.4 is 14.4 Å². The Morgan fingerprint density at radius 2 is 1.80 bits per heavy atom. The highest BCUT2D eigenvalue weighted by molar-refractivity contribution is 6.31. The lowest BCUT2D eigenvalue weighted by Gasteiger charge is -2.45. The number of pyridine rings is 1. The van der Waals surface area contributed by atoms with E-state index in [0.29, 0.717) is 46.3 Å². The summed E-state index contributed by atoms with van der Waals surface area (Å²) in [6.07, 6.45) is 0.784. The molecule has 3 aliphatic rings. The number of aromatic carboxylic acids is 1. The third-order valence-electron chi connectivity index (χ3n) is 8.98. The highest BCUT2D eigenvalue weighted by Gasteiger charge is 2.49. The van der Waals surface area contributed by atoms with E-state index in [9.17, 15) is 28.2 Å². The normalized spacial score (nSPS) is 22.6. The number of aromatic nitrogens is 2. The zero-order chi connectivity index (χ0) is 32.2. The number of rotatable bonds is 9. The average molecular weight is 656 g/mol. The molecule has 1 saturated carbocycles. The first-order valence-corrected chi connectivity index (χ1v) is 15.3. The van der Waals surface area contributed by atoms with Gasteiger partial charge in [0.15, 0.2) is 0 Å². The standard InChI is InChI=1S/C33H29ClF3N3O6/c34-26-14-22(44-17-24-29(39-46-30(24)18-5-6-18)23-3-1-2-4-27(23)45-33(35,36)37)9-10-25(26)32(43)15-20-7-8-21(16-32)40(20)28-13-19(31(41)42)11-12-38-28/h1-4,9-14,18,20-21,43H,5-8,15-17H2,(H,41,42)/t20-,21+,32+. The molecule has 3 atom stereocenters. The molecule has 240 valence electrons. The minimum atomic E-state index is -4.88. The molecule has 2 saturated heterocycles. The third-order valence-corrected chi connectivity index (χ3v) is 9.30.